The van der Waals surface area contributed by atoms with Crippen LogP contribution in [-0.2, 0) is 33.6 Å². The Kier molecular flexibility index (Phi) is 16.0. The molecular weight excluding hydrogens is 662 g/mol. The first-order valence-electron chi connectivity index (χ1n) is 15.8. The summed E-state index contributed by atoms with van der Waals surface area (Å²) < 4.78 is 0. The fraction of sp³-hybridized carbons (Fsp3) is 0.567. The van der Waals surface area contributed by atoms with E-state index in [-0.39, 0.29) is 0 Å². The number of hydrogen-bond acceptors (Lipinski definition) is 12. The first-order chi connectivity index (χ1) is 23.6. The van der Waals surface area contributed by atoms with Gasteiger partial charge in [0.1, 0.15) is 47.8 Å². The van der Waals surface area contributed by atoms with Gasteiger partial charge in [-0.15, -0.1) is 5.10 Å². The van der Waals surface area contributed by atoms with Crippen LogP contribution in [0.4, 0.5) is 0 Å². The average Bonchev–Trinajstić information content (AvgIpc) is 3.49. The minimum absolute atomic E-state index is 0.391. The quantitative estimate of drug-likeness (QED) is 0.0621. The van der Waals surface area contributed by atoms with E-state index in [0.29, 0.717) is 17.5 Å². The zero-order valence-electron chi connectivity index (χ0n) is 28.1. The Morgan fingerprint density at radius 2 is 1.52 bits per heavy atom. The fourth-order valence-electron chi connectivity index (χ4n) is 4.42. The number of carboxylic acid groups (broad SMARTS) is 2. The van der Waals surface area contributed by atoms with Crippen LogP contribution in [0.5, 0.6) is 0 Å². The Hall–Kier alpha value is -5.37. The molecule has 20 heteroatoms. The third kappa shape index (κ3) is 12.3. The van der Waals surface area contributed by atoms with E-state index >= 15 is 0 Å². The number of benzene rings is 1. The first kappa shape index (κ1) is 40.8. The molecule has 1 aromatic heterocycles. The molecule has 0 aliphatic rings. The predicted octanol–water partition coefficient (Wildman–Crippen LogP) is -3.11. The molecule has 10 N–H and O–H groups in total. The van der Waals surface area contributed by atoms with Gasteiger partial charge in [0.15, 0.2) is 0 Å². The van der Waals surface area contributed by atoms with Crippen LogP contribution in [0.2, 0.25) is 0 Å². The van der Waals surface area contributed by atoms with Crippen LogP contribution in [0, 0.1) is 11.8 Å². The number of aliphatic hydroxyl groups is 1. The van der Waals surface area contributed by atoms with Crippen LogP contribution in [-0.4, -0.2) is 122 Å². The molecule has 0 aliphatic heterocycles. The van der Waals surface area contributed by atoms with Gasteiger partial charge in [0.25, 0.3) is 0 Å². The summed E-state index contributed by atoms with van der Waals surface area (Å²) in [5, 5.41) is 47.6. The molecule has 0 fully saturated rings. The van der Waals surface area contributed by atoms with Gasteiger partial charge in [-0.2, -0.15) is 0 Å². The number of nitrogens with zero attached hydrogens (tertiary/aromatic N) is 3. The van der Waals surface area contributed by atoms with E-state index in [1.54, 1.807) is 52.0 Å². The first-order valence-corrected chi connectivity index (χ1v) is 15.8. The number of carboxylic acids is 2. The smallest absolute Gasteiger partial charge is 0.326 e. The molecule has 276 valence electrons. The van der Waals surface area contributed by atoms with Gasteiger partial charge in [-0.3, -0.25) is 28.8 Å². The molecule has 0 bridgehead atoms. The van der Waals surface area contributed by atoms with Crippen LogP contribution < -0.4 is 37.2 Å². The monoisotopic (exact) mass is 707 g/mol. The number of nitrogens with two attached hydrogens (primary N) is 1. The van der Waals surface area contributed by atoms with Crippen molar-refractivity contribution in [2.75, 3.05) is 19.8 Å². The van der Waals surface area contributed by atoms with E-state index in [9.17, 15) is 43.8 Å². The van der Waals surface area contributed by atoms with E-state index in [4.69, 9.17) is 15.7 Å². The van der Waals surface area contributed by atoms with Crippen molar-refractivity contribution in [1.82, 2.24) is 41.7 Å². The van der Waals surface area contributed by atoms with Gasteiger partial charge >= 0.3 is 11.9 Å². The molecule has 20 nitrogen and oxygen atoms in total. The second-order valence-corrected chi connectivity index (χ2v) is 11.8. The lowest BCUT2D eigenvalue weighted by molar-refractivity contribution is -0.144. The Morgan fingerprint density at radius 1 is 0.880 bits per heavy atom. The Labute approximate surface area is 286 Å². The van der Waals surface area contributed by atoms with Crippen LogP contribution >= 0.6 is 0 Å². The summed E-state index contributed by atoms with van der Waals surface area (Å²) in [6.07, 6.45) is -0.605. The highest BCUT2D eigenvalue weighted by molar-refractivity contribution is 5.96. The maximum absolute atomic E-state index is 13.7. The molecule has 0 radical (unpaired) electrons. The number of aromatic nitrogens is 3. The second-order valence-electron chi connectivity index (χ2n) is 11.8. The maximum atomic E-state index is 13.7. The zero-order valence-corrected chi connectivity index (χ0v) is 28.1. The van der Waals surface area contributed by atoms with Crippen molar-refractivity contribution in [3.05, 3.63) is 24.3 Å². The van der Waals surface area contributed by atoms with Gasteiger partial charge in [0, 0.05) is 6.42 Å². The summed E-state index contributed by atoms with van der Waals surface area (Å²) in [7, 11) is 0. The molecule has 1 aromatic carbocycles. The minimum Gasteiger partial charge on any atom is -0.481 e. The van der Waals surface area contributed by atoms with Gasteiger partial charge in [-0.05, 0) is 35.6 Å². The van der Waals surface area contributed by atoms with E-state index in [1.165, 1.54) is 0 Å². The lowest BCUT2D eigenvalue weighted by atomic mass is 9.98. The molecule has 5 amide bonds. The van der Waals surface area contributed by atoms with Gasteiger partial charge in [0.05, 0.1) is 13.2 Å². The lowest BCUT2D eigenvalue weighted by Gasteiger charge is -2.27. The highest BCUT2D eigenvalue weighted by Gasteiger charge is 2.34. The summed E-state index contributed by atoms with van der Waals surface area (Å²) in [4.78, 5) is 94.8. The van der Waals surface area contributed by atoms with Crippen molar-refractivity contribution < 1.29 is 53.7 Å². The number of fused-ring (bicyclic) bond motifs is 1. The molecule has 0 aliphatic carbocycles. The molecule has 2 aromatic rings. The van der Waals surface area contributed by atoms with Crippen molar-refractivity contribution in [2.45, 2.75) is 77.2 Å². The number of aliphatic hydroxyl groups excluding tert-OH is 1. The Balaban J connectivity index is 2.34. The van der Waals surface area contributed by atoms with E-state index in [2.05, 4.69) is 36.9 Å². The summed E-state index contributed by atoms with van der Waals surface area (Å²) in [5.41, 5.74) is 6.29. The summed E-state index contributed by atoms with van der Waals surface area (Å²) in [6, 6.07) is -0.309. The second kappa shape index (κ2) is 19.6. The Morgan fingerprint density at radius 3 is 2.12 bits per heavy atom. The van der Waals surface area contributed by atoms with Crippen LogP contribution in [0.3, 0.4) is 0 Å². The van der Waals surface area contributed by atoms with E-state index in [0.717, 1.165) is 4.85 Å². The number of amides is 5. The molecule has 0 saturated heterocycles. The fourth-order valence-corrected chi connectivity index (χ4v) is 4.42. The minimum atomic E-state index is -1.59. The van der Waals surface area contributed by atoms with Crippen molar-refractivity contribution in [3.63, 3.8) is 0 Å². The molecule has 50 heavy (non-hydrogen) atoms. The maximum Gasteiger partial charge on any atom is 0.326 e. The average molecular weight is 708 g/mol. The molecule has 1 heterocycles. The predicted molar refractivity (Wildman–Crippen MR) is 174 cm³/mol. The number of rotatable bonds is 21. The number of nitrogens with one attached hydrogen (secondary N) is 5. The number of aliphatic carboxylic acids is 2. The third-order valence-electron chi connectivity index (χ3n) is 7.60. The topological polar surface area (TPSA) is 306 Å². The highest BCUT2D eigenvalue weighted by atomic mass is 16.7. The molecule has 0 spiro atoms. The van der Waals surface area contributed by atoms with E-state index in [1.807, 2.05) is 0 Å². The molecular formula is C30H45N9O11. The summed E-state index contributed by atoms with van der Waals surface area (Å²) in [5.74, 6) is -8.11. The normalized spacial score (nSPS) is 14.7. The van der Waals surface area contributed by atoms with E-state index < -0.39 is 116 Å². The van der Waals surface area contributed by atoms with Crippen molar-refractivity contribution in [2.24, 2.45) is 17.6 Å². The van der Waals surface area contributed by atoms with Gasteiger partial charge in [0.2, 0.25) is 29.5 Å². The summed E-state index contributed by atoms with van der Waals surface area (Å²) >= 11 is 0. The largest absolute Gasteiger partial charge is 0.481 e. The van der Waals surface area contributed by atoms with Crippen molar-refractivity contribution in [1.29, 1.82) is 0 Å². The van der Waals surface area contributed by atoms with Crippen LogP contribution in [0.15, 0.2) is 24.3 Å². The number of carbonyl (C=O) groups is 7. The van der Waals surface area contributed by atoms with Crippen LogP contribution in [0.1, 0.15) is 47.0 Å². The molecule has 0 saturated carbocycles. The SMILES string of the molecule is CC[C@H](C)[C@H](NC(=O)[C@H](CCC(=O)O)NC(=O)[C@@H](COn1nnc2ccccc21)NC(=O)[C@@H](NC(=O)CNC(=O)[C@@H](N)CO)C(C)C)C(=O)O. The van der Waals surface area contributed by atoms with Crippen LogP contribution in [0.25, 0.3) is 11.0 Å². The third-order valence-corrected chi connectivity index (χ3v) is 7.60. The number of carbonyl (C=O) groups excluding carboxylic acids is 5. The highest BCUT2D eigenvalue weighted by Crippen LogP contribution is 2.11. The molecule has 6 atom stereocenters. The molecule has 0 unspecified atom stereocenters. The number of para-hydroxylation sites is 1. The summed E-state index contributed by atoms with van der Waals surface area (Å²) in [6.45, 7) is 4.68. The number of hydrogen-bond donors (Lipinski definition) is 9. The van der Waals surface area contributed by atoms with Crippen molar-refractivity contribution >= 4 is 52.5 Å². The lowest BCUT2D eigenvalue weighted by Crippen LogP contribution is -2.60. The standard InChI is InChI=1S/C30H45N9O11/c1-5-16(4)25(30(48)49)36-27(45)19(10-11-23(42)43)33-28(46)20(14-50-39-21-9-7-6-8-18(21)37-38-39)34-29(47)24(15(2)3)35-22(41)12-32-26(44)17(31)13-40/h6-9,15-17,19-20,24-25,40H,5,10-14,31H2,1-4H3,(H,32,44)(H,33,46)(H,34,47)(H,35,41)(H,36,45)(H,42,43)(H,48,49)/t16-,17-,19-,20+,24-,25-/m0/s1. The molecule has 2 rings (SSSR count). The zero-order chi connectivity index (χ0) is 37.5. The van der Waals surface area contributed by atoms with Crippen molar-refractivity contribution in [3.8, 4) is 0 Å². The Bertz CT molecular complexity index is 1520. The van der Waals surface area contributed by atoms with Gasteiger partial charge in [-0.1, -0.05) is 51.1 Å². The van der Waals surface area contributed by atoms with Gasteiger partial charge in [-0.25, -0.2) is 4.79 Å². The van der Waals surface area contributed by atoms with Gasteiger partial charge < -0.3 is 52.5 Å².